The Balaban J connectivity index is 1.97. The Hall–Kier alpha value is -0.0400. The SMILES string of the molecule is CCCCCCCCCN1CCCC1CCCC. The van der Waals surface area contributed by atoms with E-state index in [4.69, 9.17) is 0 Å². The summed E-state index contributed by atoms with van der Waals surface area (Å²) in [5, 5.41) is 0. The molecule has 1 fully saturated rings. The Morgan fingerprint density at radius 1 is 0.833 bits per heavy atom. The highest BCUT2D eigenvalue weighted by Gasteiger charge is 2.22. The van der Waals surface area contributed by atoms with Crippen LogP contribution in [-0.4, -0.2) is 24.0 Å². The highest BCUT2D eigenvalue weighted by Crippen LogP contribution is 2.22. The standard InChI is InChI=1S/C17H35N/c1-3-5-7-8-9-10-11-15-18-16-12-14-17(18)13-6-4-2/h17H,3-16H2,1-2H3. The van der Waals surface area contributed by atoms with E-state index in [1.165, 1.54) is 90.1 Å². The molecule has 1 heteroatoms. The molecule has 0 amide bonds. The summed E-state index contributed by atoms with van der Waals surface area (Å²) in [7, 11) is 0. The average molecular weight is 253 g/mol. The molecule has 1 aliphatic heterocycles. The van der Waals surface area contributed by atoms with Crippen molar-refractivity contribution in [2.24, 2.45) is 0 Å². The van der Waals surface area contributed by atoms with Crippen molar-refractivity contribution in [3.05, 3.63) is 0 Å². The van der Waals surface area contributed by atoms with E-state index in [1.54, 1.807) is 0 Å². The van der Waals surface area contributed by atoms with Gasteiger partial charge < -0.3 is 4.90 Å². The first-order valence-corrected chi connectivity index (χ1v) is 8.62. The highest BCUT2D eigenvalue weighted by molar-refractivity contribution is 4.78. The zero-order valence-corrected chi connectivity index (χ0v) is 12.9. The molecule has 0 aromatic carbocycles. The fourth-order valence-corrected chi connectivity index (χ4v) is 3.23. The van der Waals surface area contributed by atoms with E-state index in [0.717, 1.165) is 6.04 Å². The maximum absolute atomic E-state index is 2.78. The normalized spacial score (nSPS) is 20.7. The van der Waals surface area contributed by atoms with Gasteiger partial charge >= 0.3 is 0 Å². The third-order valence-corrected chi connectivity index (χ3v) is 4.44. The molecule has 0 saturated carbocycles. The van der Waals surface area contributed by atoms with Crippen LogP contribution >= 0.6 is 0 Å². The van der Waals surface area contributed by atoms with E-state index < -0.39 is 0 Å². The van der Waals surface area contributed by atoms with Crippen molar-refractivity contribution in [1.82, 2.24) is 4.90 Å². The minimum Gasteiger partial charge on any atom is -0.300 e. The summed E-state index contributed by atoms with van der Waals surface area (Å²) in [5.74, 6) is 0. The Bertz CT molecular complexity index is 178. The molecule has 1 aliphatic rings. The third-order valence-electron chi connectivity index (χ3n) is 4.44. The molecule has 0 aromatic heterocycles. The molecule has 1 nitrogen and oxygen atoms in total. The number of likely N-dealkylation sites (tertiary alicyclic amines) is 1. The van der Waals surface area contributed by atoms with Crippen molar-refractivity contribution >= 4 is 0 Å². The summed E-state index contributed by atoms with van der Waals surface area (Å²) in [6.07, 6.45) is 17.3. The van der Waals surface area contributed by atoms with Crippen LogP contribution in [0.2, 0.25) is 0 Å². The quantitative estimate of drug-likeness (QED) is 0.446. The van der Waals surface area contributed by atoms with Gasteiger partial charge in [0.1, 0.15) is 0 Å². The fraction of sp³-hybridized carbons (Fsp3) is 1.00. The number of hydrogen-bond donors (Lipinski definition) is 0. The first-order valence-electron chi connectivity index (χ1n) is 8.62. The second-order valence-electron chi connectivity index (χ2n) is 6.10. The summed E-state index contributed by atoms with van der Waals surface area (Å²) in [6.45, 7) is 7.37. The monoisotopic (exact) mass is 253 g/mol. The molecular formula is C17H35N. The predicted octanol–water partition coefficient (Wildman–Crippen LogP) is 5.39. The van der Waals surface area contributed by atoms with Gasteiger partial charge in [-0.1, -0.05) is 65.2 Å². The molecule has 1 saturated heterocycles. The summed E-state index contributed by atoms with van der Waals surface area (Å²) < 4.78 is 0. The molecule has 0 N–H and O–H groups in total. The minimum absolute atomic E-state index is 0.935. The van der Waals surface area contributed by atoms with Gasteiger partial charge in [-0.2, -0.15) is 0 Å². The van der Waals surface area contributed by atoms with Crippen LogP contribution in [-0.2, 0) is 0 Å². The first-order chi connectivity index (χ1) is 8.88. The molecule has 1 atom stereocenters. The fourth-order valence-electron chi connectivity index (χ4n) is 3.23. The summed E-state index contributed by atoms with van der Waals surface area (Å²) >= 11 is 0. The van der Waals surface area contributed by atoms with Crippen molar-refractivity contribution < 1.29 is 0 Å². The smallest absolute Gasteiger partial charge is 0.00957 e. The summed E-state index contributed by atoms with van der Waals surface area (Å²) in [5.41, 5.74) is 0. The Morgan fingerprint density at radius 3 is 2.22 bits per heavy atom. The van der Waals surface area contributed by atoms with Gasteiger partial charge in [-0.3, -0.25) is 0 Å². The van der Waals surface area contributed by atoms with Gasteiger partial charge in [-0.05, 0) is 38.8 Å². The highest BCUT2D eigenvalue weighted by atomic mass is 15.2. The van der Waals surface area contributed by atoms with Crippen molar-refractivity contribution in [2.75, 3.05) is 13.1 Å². The van der Waals surface area contributed by atoms with Crippen molar-refractivity contribution in [2.45, 2.75) is 96.9 Å². The van der Waals surface area contributed by atoms with E-state index in [0.29, 0.717) is 0 Å². The zero-order chi connectivity index (χ0) is 13.1. The molecule has 1 unspecified atom stereocenters. The van der Waals surface area contributed by atoms with Gasteiger partial charge in [-0.25, -0.2) is 0 Å². The largest absolute Gasteiger partial charge is 0.300 e. The van der Waals surface area contributed by atoms with E-state index in [2.05, 4.69) is 18.7 Å². The molecule has 0 spiro atoms. The Morgan fingerprint density at radius 2 is 1.50 bits per heavy atom. The van der Waals surface area contributed by atoms with Crippen LogP contribution in [0.25, 0.3) is 0 Å². The molecule has 0 bridgehead atoms. The van der Waals surface area contributed by atoms with Crippen LogP contribution in [0.5, 0.6) is 0 Å². The van der Waals surface area contributed by atoms with Gasteiger partial charge in [0.2, 0.25) is 0 Å². The molecular weight excluding hydrogens is 218 g/mol. The molecule has 18 heavy (non-hydrogen) atoms. The van der Waals surface area contributed by atoms with Crippen LogP contribution < -0.4 is 0 Å². The summed E-state index contributed by atoms with van der Waals surface area (Å²) in [4.78, 5) is 2.78. The Labute approximate surface area is 115 Å². The molecule has 1 rings (SSSR count). The lowest BCUT2D eigenvalue weighted by atomic mass is 10.1. The van der Waals surface area contributed by atoms with Crippen molar-refractivity contribution in [1.29, 1.82) is 0 Å². The first kappa shape index (κ1) is 16.0. The predicted molar refractivity (Wildman–Crippen MR) is 82.1 cm³/mol. The lowest BCUT2D eigenvalue weighted by molar-refractivity contribution is 0.234. The molecule has 0 radical (unpaired) electrons. The van der Waals surface area contributed by atoms with E-state index in [9.17, 15) is 0 Å². The average Bonchev–Trinajstić information content (AvgIpc) is 2.83. The van der Waals surface area contributed by atoms with Crippen molar-refractivity contribution in [3.63, 3.8) is 0 Å². The second-order valence-corrected chi connectivity index (χ2v) is 6.10. The van der Waals surface area contributed by atoms with Gasteiger partial charge in [0.05, 0.1) is 0 Å². The lowest BCUT2D eigenvalue weighted by Gasteiger charge is -2.24. The third kappa shape index (κ3) is 6.78. The van der Waals surface area contributed by atoms with Crippen LogP contribution in [0.3, 0.4) is 0 Å². The Kier molecular flexibility index (Phi) is 9.65. The van der Waals surface area contributed by atoms with Crippen LogP contribution in [0, 0.1) is 0 Å². The zero-order valence-electron chi connectivity index (χ0n) is 12.9. The van der Waals surface area contributed by atoms with Gasteiger partial charge in [0.25, 0.3) is 0 Å². The maximum atomic E-state index is 2.78. The van der Waals surface area contributed by atoms with E-state index >= 15 is 0 Å². The molecule has 0 aromatic rings. The van der Waals surface area contributed by atoms with Gasteiger partial charge in [0.15, 0.2) is 0 Å². The molecule has 1 heterocycles. The number of nitrogens with zero attached hydrogens (tertiary/aromatic N) is 1. The summed E-state index contributed by atoms with van der Waals surface area (Å²) in [6, 6.07) is 0.935. The molecule has 108 valence electrons. The van der Waals surface area contributed by atoms with Crippen molar-refractivity contribution in [3.8, 4) is 0 Å². The minimum atomic E-state index is 0.935. The second kappa shape index (κ2) is 10.8. The van der Waals surface area contributed by atoms with Gasteiger partial charge in [0, 0.05) is 6.04 Å². The molecule has 0 aliphatic carbocycles. The lowest BCUT2D eigenvalue weighted by Crippen LogP contribution is -2.30. The van der Waals surface area contributed by atoms with Crippen LogP contribution in [0.15, 0.2) is 0 Å². The topological polar surface area (TPSA) is 3.24 Å². The van der Waals surface area contributed by atoms with Crippen LogP contribution in [0.4, 0.5) is 0 Å². The van der Waals surface area contributed by atoms with Gasteiger partial charge in [-0.15, -0.1) is 0 Å². The number of unbranched alkanes of at least 4 members (excludes halogenated alkanes) is 7. The van der Waals surface area contributed by atoms with Crippen LogP contribution in [0.1, 0.15) is 90.9 Å². The van der Waals surface area contributed by atoms with E-state index in [1.807, 2.05) is 0 Å². The number of hydrogen-bond acceptors (Lipinski definition) is 1. The maximum Gasteiger partial charge on any atom is 0.00957 e. The number of rotatable bonds is 11. The van der Waals surface area contributed by atoms with E-state index in [-0.39, 0.29) is 0 Å².